The van der Waals surface area contributed by atoms with Gasteiger partial charge in [0, 0.05) is 12.1 Å². The van der Waals surface area contributed by atoms with Crippen molar-refractivity contribution in [1.29, 1.82) is 0 Å². The minimum Gasteiger partial charge on any atom is -0.340 e. The van der Waals surface area contributed by atoms with E-state index < -0.39 is 6.04 Å². The first-order chi connectivity index (χ1) is 14.0. The van der Waals surface area contributed by atoms with Crippen LogP contribution in [0, 0.1) is 13.8 Å². The number of carbonyl (C=O) groups is 2. The van der Waals surface area contributed by atoms with Crippen molar-refractivity contribution < 1.29 is 9.59 Å². The summed E-state index contributed by atoms with van der Waals surface area (Å²) in [5, 5.41) is 6.14. The Morgan fingerprint density at radius 2 is 1.59 bits per heavy atom. The van der Waals surface area contributed by atoms with Crippen LogP contribution in [0.3, 0.4) is 0 Å². The Hall–Kier alpha value is -3.11. The van der Waals surface area contributed by atoms with E-state index in [-0.39, 0.29) is 11.8 Å². The van der Waals surface area contributed by atoms with Gasteiger partial charge in [-0.25, -0.2) is 0 Å². The maximum absolute atomic E-state index is 13.1. The molecule has 0 aliphatic carbocycles. The molecule has 1 unspecified atom stereocenters. The highest BCUT2D eigenvalue weighted by Crippen LogP contribution is 2.19. The summed E-state index contributed by atoms with van der Waals surface area (Å²) < 4.78 is 0. The van der Waals surface area contributed by atoms with E-state index >= 15 is 0 Å². The molecule has 0 fully saturated rings. The second-order valence-electron chi connectivity index (χ2n) is 6.93. The molecule has 3 aromatic rings. The number of aryl methyl sites for hydroxylation is 1. The number of amides is 2. The van der Waals surface area contributed by atoms with E-state index in [1.165, 1.54) is 0 Å². The molecule has 148 valence electrons. The molecule has 2 amide bonds. The predicted molar refractivity (Wildman–Crippen MR) is 117 cm³/mol. The molecule has 4 nitrogen and oxygen atoms in total. The Kier molecular flexibility index (Phi) is 6.68. The summed E-state index contributed by atoms with van der Waals surface area (Å²) in [7, 11) is 0. The molecule has 0 saturated heterocycles. The van der Waals surface area contributed by atoms with Crippen LogP contribution in [-0.4, -0.2) is 17.9 Å². The number of nitrogens with one attached hydrogen (secondary N) is 2. The van der Waals surface area contributed by atoms with Gasteiger partial charge in [-0.2, -0.15) is 0 Å². The number of hydrogen-bond acceptors (Lipinski definition) is 2. The van der Waals surface area contributed by atoms with Gasteiger partial charge in [-0.15, -0.1) is 0 Å². The van der Waals surface area contributed by atoms with Crippen molar-refractivity contribution in [3.63, 3.8) is 0 Å². The molecular formula is C24H23ClN2O2. The zero-order valence-corrected chi connectivity index (χ0v) is 17.2. The first-order valence-electron chi connectivity index (χ1n) is 9.42. The van der Waals surface area contributed by atoms with E-state index in [0.29, 0.717) is 17.0 Å². The Balaban J connectivity index is 1.84. The molecule has 2 N–H and O–H groups in total. The highest BCUT2D eigenvalue weighted by molar-refractivity contribution is 6.33. The Morgan fingerprint density at radius 1 is 0.897 bits per heavy atom. The van der Waals surface area contributed by atoms with E-state index in [2.05, 4.69) is 10.6 Å². The highest BCUT2D eigenvalue weighted by atomic mass is 35.5. The lowest BCUT2D eigenvalue weighted by atomic mass is 10.0. The van der Waals surface area contributed by atoms with Crippen molar-refractivity contribution in [2.45, 2.75) is 26.3 Å². The number of anilines is 1. The van der Waals surface area contributed by atoms with Crippen LogP contribution in [0.5, 0.6) is 0 Å². The molecule has 5 heteroatoms. The lowest BCUT2D eigenvalue weighted by Crippen LogP contribution is -2.45. The summed E-state index contributed by atoms with van der Waals surface area (Å²) in [6.07, 6.45) is 0.369. The fourth-order valence-electron chi connectivity index (χ4n) is 3.05. The molecule has 0 spiro atoms. The van der Waals surface area contributed by atoms with Crippen LogP contribution in [0.15, 0.2) is 72.8 Å². The third-order valence-electron chi connectivity index (χ3n) is 4.89. The quantitative estimate of drug-likeness (QED) is 0.609. The van der Waals surface area contributed by atoms with Gasteiger partial charge in [0.1, 0.15) is 6.04 Å². The molecule has 0 aliphatic heterocycles. The molecule has 1 atom stereocenters. The minimum atomic E-state index is -0.749. The van der Waals surface area contributed by atoms with Crippen molar-refractivity contribution in [2.24, 2.45) is 0 Å². The molecular weight excluding hydrogens is 384 g/mol. The topological polar surface area (TPSA) is 58.2 Å². The second kappa shape index (κ2) is 9.39. The van der Waals surface area contributed by atoms with Crippen molar-refractivity contribution in [3.05, 3.63) is 100 Å². The molecule has 3 rings (SSSR count). The van der Waals surface area contributed by atoms with Gasteiger partial charge in [-0.1, -0.05) is 66.2 Å². The standard InChI is InChI=1S/C24H23ClN2O2/c1-16-9-8-14-21(17(16)2)26-24(29)22(15-18-10-4-3-5-11-18)27-23(28)19-12-6-7-13-20(19)25/h3-14,22H,15H2,1-2H3,(H,26,29)(H,27,28). The van der Waals surface area contributed by atoms with Gasteiger partial charge in [0.05, 0.1) is 10.6 Å². The van der Waals surface area contributed by atoms with Crippen molar-refractivity contribution in [1.82, 2.24) is 5.32 Å². The summed E-state index contributed by atoms with van der Waals surface area (Å²) in [6.45, 7) is 3.95. The number of hydrogen-bond donors (Lipinski definition) is 2. The summed E-state index contributed by atoms with van der Waals surface area (Å²) in [5.41, 5.74) is 4.11. The molecule has 0 bridgehead atoms. The summed E-state index contributed by atoms with van der Waals surface area (Å²) in [4.78, 5) is 25.8. The number of halogens is 1. The van der Waals surface area contributed by atoms with Gasteiger partial charge in [0.15, 0.2) is 0 Å². The summed E-state index contributed by atoms with van der Waals surface area (Å²) >= 11 is 6.15. The maximum Gasteiger partial charge on any atom is 0.253 e. The molecule has 0 aromatic heterocycles. The molecule has 0 radical (unpaired) electrons. The normalized spacial score (nSPS) is 11.6. The van der Waals surface area contributed by atoms with Crippen molar-refractivity contribution in [3.8, 4) is 0 Å². The number of benzene rings is 3. The SMILES string of the molecule is Cc1cccc(NC(=O)C(Cc2ccccc2)NC(=O)c2ccccc2Cl)c1C. The number of rotatable bonds is 6. The molecule has 0 saturated carbocycles. The zero-order chi connectivity index (χ0) is 20.8. The third kappa shape index (κ3) is 5.24. The monoisotopic (exact) mass is 406 g/mol. The van der Waals surface area contributed by atoms with Gasteiger partial charge in [0.2, 0.25) is 5.91 Å². The largest absolute Gasteiger partial charge is 0.340 e. The summed E-state index contributed by atoms with van der Waals surface area (Å²) in [5.74, 6) is -0.657. The summed E-state index contributed by atoms with van der Waals surface area (Å²) in [6, 6.07) is 21.4. The fourth-order valence-corrected chi connectivity index (χ4v) is 3.27. The predicted octanol–water partition coefficient (Wildman–Crippen LogP) is 4.94. The average Bonchev–Trinajstić information content (AvgIpc) is 2.72. The van der Waals surface area contributed by atoms with Gasteiger partial charge < -0.3 is 10.6 Å². The van der Waals surface area contributed by atoms with Crippen LogP contribution in [0.4, 0.5) is 5.69 Å². The van der Waals surface area contributed by atoms with Crippen LogP contribution >= 0.6 is 11.6 Å². The van der Waals surface area contributed by atoms with Crippen LogP contribution in [-0.2, 0) is 11.2 Å². The van der Waals surface area contributed by atoms with E-state index in [1.54, 1.807) is 24.3 Å². The molecule has 3 aromatic carbocycles. The van der Waals surface area contributed by atoms with Crippen LogP contribution in [0.2, 0.25) is 5.02 Å². The first kappa shape index (κ1) is 20.6. The Bertz CT molecular complexity index is 1020. The van der Waals surface area contributed by atoms with E-state index in [9.17, 15) is 9.59 Å². The lowest BCUT2D eigenvalue weighted by Gasteiger charge is -2.20. The second-order valence-corrected chi connectivity index (χ2v) is 7.34. The van der Waals surface area contributed by atoms with Gasteiger partial charge in [-0.3, -0.25) is 9.59 Å². The zero-order valence-electron chi connectivity index (χ0n) is 16.4. The van der Waals surface area contributed by atoms with Crippen LogP contribution in [0.1, 0.15) is 27.0 Å². The van der Waals surface area contributed by atoms with Crippen molar-refractivity contribution in [2.75, 3.05) is 5.32 Å². The lowest BCUT2D eigenvalue weighted by molar-refractivity contribution is -0.118. The molecule has 0 aliphatic rings. The minimum absolute atomic E-state index is 0.275. The van der Waals surface area contributed by atoms with Crippen molar-refractivity contribution >= 4 is 29.1 Å². The fraction of sp³-hybridized carbons (Fsp3) is 0.167. The third-order valence-corrected chi connectivity index (χ3v) is 5.22. The maximum atomic E-state index is 13.1. The van der Waals surface area contributed by atoms with Gasteiger partial charge in [0.25, 0.3) is 5.91 Å². The highest BCUT2D eigenvalue weighted by Gasteiger charge is 2.23. The van der Waals surface area contributed by atoms with E-state index in [4.69, 9.17) is 11.6 Å². The molecule has 0 heterocycles. The smallest absolute Gasteiger partial charge is 0.253 e. The average molecular weight is 407 g/mol. The van der Waals surface area contributed by atoms with Crippen LogP contribution in [0.25, 0.3) is 0 Å². The Labute approximate surface area is 175 Å². The van der Waals surface area contributed by atoms with Gasteiger partial charge in [-0.05, 0) is 48.7 Å². The van der Waals surface area contributed by atoms with Crippen LogP contribution < -0.4 is 10.6 Å². The number of carbonyl (C=O) groups excluding carboxylic acids is 2. The first-order valence-corrected chi connectivity index (χ1v) is 9.80. The van der Waals surface area contributed by atoms with Gasteiger partial charge >= 0.3 is 0 Å². The Morgan fingerprint density at radius 3 is 2.31 bits per heavy atom. The van der Waals surface area contributed by atoms with E-state index in [1.807, 2.05) is 62.4 Å². The molecule has 29 heavy (non-hydrogen) atoms. The van der Waals surface area contributed by atoms with E-state index in [0.717, 1.165) is 22.4 Å².